The molecule has 0 spiro atoms. The number of nitrogens with one attached hydrogen (secondary N) is 1. The molecular weight excluding hydrogens is 606 g/mol. The summed E-state index contributed by atoms with van der Waals surface area (Å²) in [6, 6.07) is 13.1. The highest BCUT2D eigenvalue weighted by Crippen LogP contribution is 2.37. The van der Waals surface area contributed by atoms with Crippen LogP contribution in [-0.4, -0.2) is 51.0 Å². The van der Waals surface area contributed by atoms with Crippen molar-refractivity contribution < 1.29 is 8.82 Å². The second-order valence-corrected chi connectivity index (χ2v) is 19.8. The van der Waals surface area contributed by atoms with E-state index in [4.69, 9.17) is 4.43 Å². The van der Waals surface area contributed by atoms with Crippen molar-refractivity contribution in [3.05, 3.63) is 83.2 Å². The van der Waals surface area contributed by atoms with Crippen molar-refractivity contribution in [1.29, 1.82) is 0 Å². The summed E-state index contributed by atoms with van der Waals surface area (Å²) in [7, 11) is -1.75. The lowest BCUT2D eigenvalue weighted by molar-refractivity contribution is 0.204. The second kappa shape index (κ2) is 13.9. The molecule has 2 aliphatic rings. The number of hydrogen-bond acceptors (Lipinski definition) is 7. The molecule has 0 saturated carbocycles. The van der Waals surface area contributed by atoms with Crippen molar-refractivity contribution >= 4 is 20.1 Å². The van der Waals surface area contributed by atoms with Gasteiger partial charge in [-0.25, -0.2) is 19.3 Å². The van der Waals surface area contributed by atoms with Crippen LogP contribution in [0.1, 0.15) is 94.0 Å². The van der Waals surface area contributed by atoms with Gasteiger partial charge in [0.25, 0.3) is 0 Å². The van der Waals surface area contributed by atoms with Crippen LogP contribution in [0.4, 0.5) is 16.2 Å². The summed E-state index contributed by atoms with van der Waals surface area (Å²) in [6.07, 6.45) is 10.4. The number of aromatic nitrogens is 5. The Hall–Kier alpha value is -3.47. The molecule has 0 bridgehead atoms. The Morgan fingerprint density at radius 3 is 2.36 bits per heavy atom. The van der Waals surface area contributed by atoms with Gasteiger partial charge in [-0.05, 0) is 91.5 Å². The first-order valence-electron chi connectivity index (χ1n) is 17.2. The number of nitrogens with zero attached hydrogens (tertiary/aromatic N) is 6. The van der Waals surface area contributed by atoms with E-state index < -0.39 is 14.1 Å². The van der Waals surface area contributed by atoms with Crippen LogP contribution in [0, 0.1) is 5.82 Å². The number of pyridine rings is 1. The van der Waals surface area contributed by atoms with Gasteiger partial charge in [-0.15, -0.1) is 0 Å². The molecule has 0 amide bonds. The molecule has 10 heteroatoms. The van der Waals surface area contributed by atoms with Gasteiger partial charge in [-0.2, -0.15) is 5.10 Å². The third-order valence-electron chi connectivity index (χ3n) is 10.5. The Kier molecular flexibility index (Phi) is 9.92. The number of fused-ring (bicyclic) bond motifs is 1. The molecule has 0 aliphatic carbocycles. The third-order valence-corrected chi connectivity index (χ3v) is 15.0. The Labute approximate surface area is 280 Å². The van der Waals surface area contributed by atoms with Gasteiger partial charge in [-0.3, -0.25) is 9.58 Å². The predicted octanol–water partition coefficient (Wildman–Crippen LogP) is 8.81. The first-order valence-corrected chi connectivity index (χ1v) is 20.1. The van der Waals surface area contributed by atoms with Crippen LogP contribution in [0.3, 0.4) is 0 Å². The first kappa shape index (κ1) is 33.4. The number of halogens is 1. The van der Waals surface area contributed by atoms with Gasteiger partial charge in [0, 0.05) is 24.8 Å². The molecule has 5 heterocycles. The van der Waals surface area contributed by atoms with E-state index in [0.29, 0.717) is 30.2 Å². The molecule has 47 heavy (non-hydrogen) atoms. The lowest BCUT2D eigenvalue weighted by Crippen LogP contribution is -2.40. The molecular formula is C37H50FN7OSi. The molecule has 1 fully saturated rings. The summed E-state index contributed by atoms with van der Waals surface area (Å²) >= 11 is 0. The van der Waals surface area contributed by atoms with E-state index in [9.17, 15) is 4.39 Å². The average Bonchev–Trinajstić information content (AvgIpc) is 3.38. The van der Waals surface area contributed by atoms with E-state index in [0.717, 1.165) is 69.5 Å². The first-order chi connectivity index (χ1) is 22.5. The molecule has 6 rings (SSSR count). The zero-order valence-electron chi connectivity index (χ0n) is 28.9. The van der Waals surface area contributed by atoms with E-state index >= 15 is 0 Å². The van der Waals surface area contributed by atoms with Crippen molar-refractivity contribution in [2.45, 2.75) is 109 Å². The number of rotatable bonds is 9. The fraction of sp³-hybridized carbons (Fsp3) is 0.514. The van der Waals surface area contributed by atoms with Crippen LogP contribution in [0.15, 0.2) is 55.0 Å². The molecule has 1 N–H and O–H groups in total. The van der Waals surface area contributed by atoms with Crippen LogP contribution in [0.25, 0.3) is 11.3 Å². The monoisotopic (exact) mass is 655 g/mol. The minimum Gasteiger partial charge on any atom is -0.413 e. The van der Waals surface area contributed by atoms with Gasteiger partial charge in [0.2, 0.25) is 5.95 Å². The lowest BCUT2D eigenvalue weighted by atomic mass is 9.90. The summed E-state index contributed by atoms with van der Waals surface area (Å²) in [6.45, 7) is 18.3. The normalized spacial score (nSPS) is 18.1. The molecule has 4 aromatic rings. The fourth-order valence-electron chi connectivity index (χ4n) is 6.48. The van der Waals surface area contributed by atoms with Gasteiger partial charge in [0.1, 0.15) is 11.5 Å². The predicted molar refractivity (Wildman–Crippen MR) is 189 cm³/mol. The number of benzene rings is 1. The zero-order chi connectivity index (χ0) is 33.2. The van der Waals surface area contributed by atoms with Gasteiger partial charge in [0.15, 0.2) is 14.1 Å². The number of piperidine rings is 1. The van der Waals surface area contributed by atoms with Gasteiger partial charge >= 0.3 is 0 Å². The fourth-order valence-corrected chi connectivity index (χ4v) is 7.44. The molecule has 2 aliphatic heterocycles. The maximum Gasteiger partial charge on any atom is 0.229 e. The molecule has 250 valence electrons. The Balaban J connectivity index is 1.01. The summed E-state index contributed by atoms with van der Waals surface area (Å²) in [5.74, 6) is 1.31. The van der Waals surface area contributed by atoms with E-state index in [1.54, 1.807) is 6.20 Å². The van der Waals surface area contributed by atoms with Crippen LogP contribution in [0.2, 0.25) is 18.1 Å². The standard InChI is InChI=1S/C37H50FN7OSi/c1-26-9-7-8-18-45-35(26)31(22-41-45)34-32(38)23-40-36(43-34)42-33-15-14-30(21-39-33)29-16-19-44(20-17-29)24-27-10-12-28(13-11-27)25-46-47(5,6)37(2,3)4/h10-15,21-23,26,29H,7-9,16-20,24-25H2,1-6H3,(H,39,40,42,43)/t26-/m1/s1. The van der Waals surface area contributed by atoms with E-state index in [-0.39, 0.29) is 10.7 Å². The van der Waals surface area contributed by atoms with E-state index in [1.807, 2.05) is 16.9 Å². The third kappa shape index (κ3) is 7.82. The largest absolute Gasteiger partial charge is 0.413 e. The highest BCUT2D eigenvalue weighted by Gasteiger charge is 2.37. The highest BCUT2D eigenvalue weighted by molar-refractivity contribution is 6.74. The van der Waals surface area contributed by atoms with Crippen LogP contribution >= 0.6 is 0 Å². The van der Waals surface area contributed by atoms with Crippen molar-refractivity contribution in [2.75, 3.05) is 18.4 Å². The highest BCUT2D eigenvalue weighted by atomic mass is 28.4. The summed E-state index contributed by atoms with van der Waals surface area (Å²) < 4.78 is 23.4. The number of likely N-dealkylation sites (tertiary alicyclic amines) is 1. The molecule has 1 aromatic carbocycles. The van der Waals surface area contributed by atoms with Crippen molar-refractivity contribution in [3.63, 3.8) is 0 Å². The lowest BCUT2D eigenvalue weighted by Gasteiger charge is -2.36. The minimum absolute atomic E-state index is 0.220. The Morgan fingerprint density at radius 2 is 1.66 bits per heavy atom. The van der Waals surface area contributed by atoms with Crippen LogP contribution < -0.4 is 5.32 Å². The maximum atomic E-state index is 15.0. The maximum absolute atomic E-state index is 15.0. The molecule has 8 nitrogen and oxygen atoms in total. The number of aryl methyl sites for hydroxylation is 1. The minimum atomic E-state index is -1.75. The number of anilines is 2. The Morgan fingerprint density at radius 1 is 0.915 bits per heavy atom. The summed E-state index contributed by atoms with van der Waals surface area (Å²) in [4.78, 5) is 16.0. The molecule has 1 saturated heterocycles. The van der Waals surface area contributed by atoms with Crippen molar-refractivity contribution in [1.82, 2.24) is 29.6 Å². The molecule has 0 radical (unpaired) electrons. The quantitative estimate of drug-likeness (QED) is 0.181. The van der Waals surface area contributed by atoms with Crippen molar-refractivity contribution in [2.24, 2.45) is 0 Å². The van der Waals surface area contributed by atoms with Gasteiger partial charge < -0.3 is 9.74 Å². The molecule has 0 unspecified atom stereocenters. The van der Waals surface area contributed by atoms with Crippen LogP contribution in [-0.2, 0) is 24.1 Å². The molecule has 1 atom stereocenters. The van der Waals surface area contributed by atoms with Gasteiger partial charge in [0.05, 0.1) is 24.7 Å². The van der Waals surface area contributed by atoms with E-state index in [1.165, 1.54) is 22.9 Å². The topological polar surface area (TPSA) is 81.0 Å². The summed E-state index contributed by atoms with van der Waals surface area (Å²) in [5, 5.41) is 7.96. The number of hydrogen-bond donors (Lipinski definition) is 1. The van der Waals surface area contributed by atoms with E-state index in [2.05, 4.69) is 101 Å². The smallest absolute Gasteiger partial charge is 0.229 e. The Bertz CT molecular complexity index is 1640. The average molecular weight is 656 g/mol. The van der Waals surface area contributed by atoms with Crippen molar-refractivity contribution in [3.8, 4) is 11.3 Å². The summed E-state index contributed by atoms with van der Waals surface area (Å²) in [5.41, 5.74) is 5.93. The second-order valence-electron chi connectivity index (χ2n) is 15.0. The van der Waals surface area contributed by atoms with Gasteiger partial charge in [-0.1, -0.05) is 64.4 Å². The molecule has 3 aromatic heterocycles. The van der Waals surface area contributed by atoms with Crippen LogP contribution in [0.5, 0.6) is 0 Å². The SMILES string of the molecule is C[C@@H]1CCCCn2ncc(-c3nc(Nc4ccc(C5CCN(Cc6ccc(CO[Si](C)(C)C(C)(C)C)cc6)CC5)cn4)ncc3F)c21. The zero-order valence-corrected chi connectivity index (χ0v) is 29.9.